The molecule has 3 aliphatic carbocycles. The minimum atomic E-state index is -0.0916. The van der Waals surface area contributed by atoms with Crippen molar-refractivity contribution >= 4 is 5.97 Å². The van der Waals surface area contributed by atoms with Crippen LogP contribution < -0.4 is 0 Å². The third kappa shape index (κ3) is 2.81. The highest BCUT2D eigenvalue weighted by atomic mass is 16.7. The molecule has 0 heterocycles. The van der Waals surface area contributed by atoms with Crippen molar-refractivity contribution in [2.75, 3.05) is 13.9 Å². The minimum absolute atomic E-state index is 0.0916. The van der Waals surface area contributed by atoms with E-state index in [4.69, 9.17) is 9.47 Å². The first-order valence-electron chi connectivity index (χ1n) is 9.34. The first-order valence-corrected chi connectivity index (χ1v) is 9.34. The lowest BCUT2D eigenvalue weighted by Crippen LogP contribution is -2.30. The Kier molecular flexibility index (Phi) is 5.11. The predicted octanol–water partition coefficient (Wildman–Crippen LogP) is 4.26. The van der Waals surface area contributed by atoms with Crippen molar-refractivity contribution in [3.8, 4) is 0 Å². The number of esters is 1. The van der Waals surface area contributed by atoms with Crippen molar-refractivity contribution in [1.29, 1.82) is 0 Å². The van der Waals surface area contributed by atoms with E-state index in [0.717, 1.165) is 47.8 Å². The quantitative estimate of drug-likeness (QED) is 0.521. The van der Waals surface area contributed by atoms with Crippen LogP contribution >= 0.6 is 0 Å². The highest BCUT2D eigenvalue weighted by Crippen LogP contribution is 2.66. The largest absolute Gasteiger partial charge is 0.438 e. The Labute approximate surface area is 135 Å². The van der Waals surface area contributed by atoms with E-state index in [2.05, 4.69) is 13.8 Å². The first kappa shape index (κ1) is 16.3. The molecule has 0 aromatic heterocycles. The summed E-state index contributed by atoms with van der Waals surface area (Å²) < 4.78 is 9.83. The van der Waals surface area contributed by atoms with Gasteiger partial charge in [0.25, 0.3) is 0 Å². The minimum Gasteiger partial charge on any atom is -0.438 e. The Morgan fingerprint density at radius 3 is 2.41 bits per heavy atom. The summed E-state index contributed by atoms with van der Waals surface area (Å²) in [6, 6.07) is 0. The average Bonchev–Trinajstić information content (AvgIpc) is 3.20. The molecule has 3 heteroatoms. The summed E-state index contributed by atoms with van der Waals surface area (Å²) in [6.45, 7) is 4.86. The summed E-state index contributed by atoms with van der Waals surface area (Å²) in [6.07, 6.45) is 8.61. The summed E-state index contributed by atoms with van der Waals surface area (Å²) in [5.41, 5.74) is 0. The second kappa shape index (κ2) is 6.90. The zero-order chi connectivity index (χ0) is 15.7. The van der Waals surface area contributed by atoms with Crippen LogP contribution in [-0.4, -0.2) is 19.9 Å². The predicted molar refractivity (Wildman–Crippen MR) is 86.1 cm³/mol. The molecule has 126 valence electrons. The molecule has 3 fully saturated rings. The summed E-state index contributed by atoms with van der Waals surface area (Å²) in [5, 5.41) is 0. The van der Waals surface area contributed by atoms with Crippen LogP contribution in [0.25, 0.3) is 0 Å². The molecule has 0 aromatic carbocycles. The molecule has 7 atom stereocenters. The molecule has 0 saturated heterocycles. The van der Waals surface area contributed by atoms with Gasteiger partial charge in [0.1, 0.15) is 0 Å². The van der Waals surface area contributed by atoms with Crippen LogP contribution in [0.1, 0.15) is 58.8 Å². The highest BCUT2D eigenvalue weighted by Gasteiger charge is 2.59. The second-order valence-corrected chi connectivity index (χ2v) is 7.84. The Morgan fingerprint density at radius 1 is 1.00 bits per heavy atom. The van der Waals surface area contributed by atoms with Gasteiger partial charge in [-0.3, -0.25) is 4.79 Å². The number of fused-ring (bicyclic) bond motifs is 5. The van der Waals surface area contributed by atoms with Gasteiger partial charge in [0, 0.05) is 13.5 Å². The number of rotatable bonds is 7. The van der Waals surface area contributed by atoms with Crippen LogP contribution in [0.4, 0.5) is 0 Å². The van der Waals surface area contributed by atoms with E-state index < -0.39 is 0 Å². The number of hydrogen-bond donors (Lipinski definition) is 0. The fourth-order valence-corrected chi connectivity index (χ4v) is 6.36. The van der Waals surface area contributed by atoms with Gasteiger partial charge in [-0.25, -0.2) is 0 Å². The lowest BCUT2D eigenvalue weighted by molar-refractivity contribution is -0.154. The van der Waals surface area contributed by atoms with Gasteiger partial charge >= 0.3 is 5.97 Å². The molecule has 0 amide bonds. The number of methoxy groups -OCH3 is 1. The number of carbonyl (C=O) groups excluding carboxylic acids is 1. The number of hydrogen-bond acceptors (Lipinski definition) is 3. The van der Waals surface area contributed by atoms with Crippen LogP contribution in [0, 0.1) is 41.4 Å². The Bertz CT molecular complexity index is 394. The van der Waals surface area contributed by atoms with E-state index >= 15 is 0 Å². The maximum atomic E-state index is 11.7. The second-order valence-electron chi connectivity index (χ2n) is 7.84. The molecule has 2 bridgehead atoms. The highest BCUT2D eigenvalue weighted by molar-refractivity contribution is 5.69. The molecular formula is C19H32O3. The number of carbonyl (C=O) groups is 1. The standard InChI is InChI=1S/C19H32O3/c1-4-12-8-13(5-2)19-16-10-15(18(12)19)9-14(16)6-7-17(20)22-11-21-3/h12-16,18-19H,4-11H2,1-3H3. The van der Waals surface area contributed by atoms with E-state index in [0.29, 0.717) is 6.42 Å². The third-order valence-corrected chi connectivity index (χ3v) is 7.07. The van der Waals surface area contributed by atoms with Crippen LogP contribution in [0.15, 0.2) is 0 Å². The normalized spacial score (nSPS) is 42.6. The maximum absolute atomic E-state index is 11.7. The van der Waals surface area contributed by atoms with Crippen molar-refractivity contribution in [1.82, 2.24) is 0 Å². The fourth-order valence-electron chi connectivity index (χ4n) is 6.36. The molecule has 22 heavy (non-hydrogen) atoms. The van der Waals surface area contributed by atoms with Crippen LogP contribution in [-0.2, 0) is 14.3 Å². The zero-order valence-corrected chi connectivity index (χ0v) is 14.4. The van der Waals surface area contributed by atoms with E-state index in [9.17, 15) is 4.79 Å². The third-order valence-electron chi connectivity index (χ3n) is 7.07. The van der Waals surface area contributed by atoms with Gasteiger partial charge in [-0.1, -0.05) is 26.7 Å². The van der Waals surface area contributed by atoms with Gasteiger partial charge in [0.15, 0.2) is 6.79 Å². The van der Waals surface area contributed by atoms with Crippen molar-refractivity contribution < 1.29 is 14.3 Å². The summed E-state index contributed by atoms with van der Waals surface area (Å²) in [4.78, 5) is 11.7. The van der Waals surface area contributed by atoms with Crippen LogP contribution in [0.3, 0.4) is 0 Å². The van der Waals surface area contributed by atoms with Gasteiger partial charge in [0.2, 0.25) is 0 Å². The summed E-state index contributed by atoms with van der Waals surface area (Å²) in [5.74, 6) is 6.44. The smallest absolute Gasteiger partial charge is 0.307 e. The van der Waals surface area contributed by atoms with Gasteiger partial charge in [0.05, 0.1) is 0 Å². The van der Waals surface area contributed by atoms with Crippen molar-refractivity contribution in [2.45, 2.75) is 58.8 Å². The van der Waals surface area contributed by atoms with Gasteiger partial charge in [-0.2, -0.15) is 0 Å². The Morgan fingerprint density at radius 2 is 1.73 bits per heavy atom. The average molecular weight is 308 g/mol. The molecule has 0 aromatic rings. The van der Waals surface area contributed by atoms with E-state index in [1.165, 1.54) is 32.1 Å². The molecule has 3 saturated carbocycles. The van der Waals surface area contributed by atoms with E-state index in [1.54, 1.807) is 7.11 Å². The molecule has 0 spiro atoms. The van der Waals surface area contributed by atoms with Gasteiger partial charge in [-0.15, -0.1) is 0 Å². The monoisotopic (exact) mass is 308 g/mol. The molecule has 0 N–H and O–H groups in total. The van der Waals surface area contributed by atoms with Crippen molar-refractivity contribution in [2.24, 2.45) is 41.4 Å². The molecule has 3 aliphatic rings. The SMILES string of the molecule is CCC1CC(CC)C2C3CC(CC3CCC(=O)OCOC)C12. The maximum Gasteiger partial charge on any atom is 0.307 e. The molecule has 3 nitrogen and oxygen atoms in total. The van der Waals surface area contributed by atoms with Gasteiger partial charge < -0.3 is 9.47 Å². The first-order chi connectivity index (χ1) is 10.7. The van der Waals surface area contributed by atoms with Crippen LogP contribution in [0.2, 0.25) is 0 Å². The number of ether oxygens (including phenoxy) is 2. The summed E-state index contributed by atoms with van der Waals surface area (Å²) in [7, 11) is 1.55. The zero-order valence-electron chi connectivity index (χ0n) is 14.4. The summed E-state index contributed by atoms with van der Waals surface area (Å²) >= 11 is 0. The molecular weight excluding hydrogens is 276 g/mol. The Balaban J connectivity index is 1.57. The van der Waals surface area contributed by atoms with Gasteiger partial charge in [-0.05, 0) is 67.1 Å². The lowest BCUT2D eigenvalue weighted by atomic mass is 9.69. The van der Waals surface area contributed by atoms with Crippen molar-refractivity contribution in [3.05, 3.63) is 0 Å². The van der Waals surface area contributed by atoms with E-state index in [1.807, 2.05) is 0 Å². The molecule has 3 rings (SSSR count). The molecule has 7 unspecified atom stereocenters. The van der Waals surface area contributed by atoms with Crippen LogP contribution in [0.5, 0.6) is 0 Å². The lowest BCUT2D eigenvalue weighted by Gasteiger charge is -2.35. The molecule has 0 aliphatic heterocycles. The Hall–Kier alpha value is -0.570. The van der Waals surface area contributed by atoms with E-state index in [-0.39, 0.29) is 12.8 Å². The molecule has 0 radical (unpaired) electrons. The fraction of sp³-hybridized carbons (Fsp3) is 0.947. The van der Waals surface area contributed by atoms with Crippen molar-refractivity contribution in [3.63, 3.8) is 0 Å². The topological polar surface area (TPSA) is 35.5 Å².